The molecule has 1 aromatic heterocycles. The fourth-order valence-corrected chi connectivity index (χ4v) is 2.42. The van der Waals surface area contributed by atoms with Gasteiger partial charge in [0.25, 0.3) is 0 Å². The molecule has 2 aromatic rings. The van der Waals surface area contributed by atoms with Crippen LogP contribution in [0.3, 0.4) is 0 Å². The van der Waals surface area contributed by atoms with Crippen LogP contribution in [0, 0.1) is 0 Å². The first-order chi connectivity index (χ1) is 9.17. The molecule has 102 valence electrons. The zero-order chi connectivity index (χ0) is 13.8. The number of rotatable bonds is 5. The van der Waals surface area contributed by atoms with Crippen molar-refractivity contribution in [3.8, 4) is 0 Å². The number of halogens is 1. The Balaban J connectivity index is 2.29. The zero-order valence-corrected chi connectivity index (χ0v) is 11.6. The van der Waals surface area contributed by atoms with E-state index in [0.29, 0.717) is 17.3 Å². The summed E-state index contributed by atoms with van der Waals surface area (Å²) in [5.41, 5.74) is 6.63. The standard InChI is InChI=1S/C15H18ClNO2/c1-2-10-7-8-14(19-10)15(18)12(9-17)11-5-3-4-6-13(11)16/h3-8,12,15,18H,2,9,17H2,1H3. The van der Waals surface area contributed by atoms with Gasteiger partial charge in [0.15, 0.2) is 0 Å². The molecule has 0 aliphatic rings. The highest BCUT2D eigenvalue weighted by atomic mass is 35.5. The van der Waals surface area contributed by atoms with Crippen LogP contribution in [-0.2, 0) is 6.42 Å². The van der Waals surface area contributed by atoms with Crippen LogP contribution >= 0.6 is 11.6 Å². The summed E-state index contributed by atoms with van der Waals surface area (Å²) in [4.78, 5) is 0. The first-order valence-electron chi connectivity index (χ1n) is 6.38. The highest BCUT2D eigenvalue weighted by Gasteiger charge is 2.25. The monoisotopic (exact) mass is 279 g/mol. The minimum Gasteiger partial charge on any atom is -0.463 e. The van der Waals surface area contributed by atoms with Gasteiger partial charge in [0.05, 0.1) is 0 Å². The molecule has 4 heteroatoms. The van der Waals surface area contributed by atoms with Gasteiger partial charge in [-0.05, 0) is 23.8 Å². The summed E-state index contributed by atoms with van der Waals surface area (Å²) < 4.78 is 5.59. The van der Waals surface area contributed by atoms with Crippen molar-refractivity contribution in [3.05, 3.63) is 58.5 Å². The summed E-state index contributed by atoms with van der Waals surface area (Å²) in [6, 6.07) is 11.1. The van der Waals surface area contributed by atoms with Gasteiger partial charge in [-0.3, -0.25) is 0 Å². The molecule has 0 fully saturated rings. The molecule has 0 aliphatic carbocycles. The van der Waals surface area contributed by atoms with Crippen molar-refractivity contribution < 1.29 is 9.52 Å². The third-order valence-corrected chi connectivity index (χ3v) is 3.61. The van der Waals surface area contributed by atoms with E-state index in [4.69, 9.17) is 21.8 Å². The summed E-state index contributed by atoms with van der Waals surface area (Å²) in [6.45, 7) is 2.30. The Morgan fingerprint density at radius 1 is 1.26 bits per heavy atom. The molecular formula is C15H18ClNO2. The average molecular weight is 280 g/mol. The van der Waals surface area contributed by atoms with Crippen molar-refractivity contribution >= 4 is 11.6 Å². The molecule has 1 heterocycles. The highest BCUT2D eigenvalue weighted by molar-refractivity contribution is 6.31. The van der Waals surface area contributed by atoms with Crippen LogP contribution in [0.2, 0.25) is 5.02 Å². The van der Waals surface area contributed by atoms with E-state index in [0.717, 1.165) is 17.7 Å². The van der Waals surface area contributed by atoms with E-state index >= 15 is 0 Å². The number of aliphatic hydroxyl groups is 1. The minimum absolute atomic E-state index is 0.274. The lowest BCUT2D eigenvalue weighted by Gasteiger charge is -2.21. The number of nitrogens with two attached hydrogens (primary N) is 1. The quantitative estimate of drug-likeness (QED) is 0.883. The predicted octanol–water partition coefficient (Wildman–Crippen LogP) is 3.27. The van der Waals surface area contributed by atoms with Gasteiger partial charge < -0.3 is 15.3 Å². The predicted molar refractivity (Wildman–Crippen MR) is 76.3 cm³/mol. The average Bonchev–Trinajstić information content (AvgIpc) is 2.90. The number of hydrogen-bond acceptors (Lipinski definition) is 3. The smallest absolute Gasteiger partial charge is 0.133 e. The van der Waals surface area contributed by atoms with Crippen LogP contribution in [0.25, 0.3) is 0 Å². The number of aliphatic hydroxyl groups excluding tert-OH is 1. The molecule has 2 unspecified atom stereocenters. The van der Waals surface area contributed by atoms with Crippen molar-refractivity contribution in [3.63, 3.8) is 0 Å². The minimum atomic E-state index is -0.787. The van der Waals surface area contributed by atoms with E-state index in [1.807, 2.05) is 31.2 Å². The van der Waals surface area contributed by atoms with E-state index in [9.17, 15) is 5.11 Å². The largest absolute Gasteiger partial charge is 0.463 e. The maximum Gasteiger partial charge on any atom is 0.133 e. The molecule has 2 atom stereocenters. The third kappa shape index (κ3) is 3.00. The molecule has 0 radical (unpaired) electrons. The number of aryl methyl sites for hydroxylation is 1. The van der Waals surface area contributed by atoms with E-state index in [1.165, 1.54) is 0 Å². The lowest BCUT2D eigenvalue weighted by Crippen LogP contribution is -2.20. The Kier molecular flexibility index (Phi) is 4.64. The normalized spacial score (nSPS) is 14.3. The molecule has 0 spiro atoms. The topological polar surface area (TPSA) is 59.4 Å². The van der Waals surface area contributed by atoms with Gasteiger partial charge in [0, 0.05) is 23.9 Å². The number of hydrogen-bond donors (Lipinski definition) is 2. The van der Waals surface area contributed by atoms with E-state index in [1.54, 1.807) is 12.1 Å². The van der Waals surface area contributed by atoms with Crippen LogP contribution in [0.15, 0.2) is 40.8 Å². The fraction of sp³-hybridized carbons (Fsp3) is 0.333. The second-order valence-electron chi connectivity index (χ2n) is 4.47. The Bertz CT molecular complexity index is 538. The Morgan fingerprint density at radius 3 is 2.58 bits per heavy atom. The van der Waals surface area contributed by atoms with Crippen molar-refractivity contribution in [2.24, 2.45) is 5.73 Å². The summed E-state index contributed by atoms with van der Waals surface area (Å²) in [7, 11) is 0. The number of benzene rings is 1. The third-order valence-electron chi connectivity index (χ3n) is 3.26. The first-order valence-corrected chi connectivity index (χ1v) is 6.76. The van der Waals surface area contributed by atoms with E-state index in [2.05, 4.69) is 0 Å². The highest BCUT2D eigenvalue weighted by Crippen LogP contribution is 2.34. The Morgan fingerprint density at radius 2 is 2.00 bits per heavy atom. The Hall–Kier alpha value is -1.29. The van der Waals surface area contributed by atoms with E-state index in [-0.39, 0.29) is 5.92 Å². The summed E-state index contributed by atoms with van der Waals surface area (Å²) in [6.07, 6.45) is 0.0109. The fourth-order valence-electron chi connectivity index (χ4n) is 2.14. The van der Waals surface area contributed by atoms with Gasteiger partial charge in [-0.15, -0.1) is 0 Å². The van der Waals surface area contributed by atoms with Crippen LogP contribution in [0.1, 0.15) is 36.0 Å². The molecule has 0 amide bonds. The van der Waals surface area contributed by atoms with Gasteiger partial charge in [-0.2, -0.15) is 0 Å². The molecule has 2 rings (SSSR count). The SMILES string of the molecule is CCc1ccc(C(O)C(CN)c2ccccc2Cl)o1. The lowest BCUT2D eigenvalue weighted by molar-refractivity contribution is 0.120. The zero-order valence-electron chi connectivity index (χ0n) is 10.8. The molecule has 19 heavy (non-hydrogen) atoms. The van der Waals surface area contributed by atoms with Gasteiger partial charge >= 0.3 is 0 Å². The van der Waals surface area contributed by atoms with Crippen molar-refractivity contribution in [1.82, 2.24) is 0 Å². The molecule has 0 saturated carbocycles. The van der Waals surface area contributed by atoms with Gasteiger partial charge in [0.1, 0.15) is 17.6 Å². The van der Waals surface area contributed by atoms with Crippen molar-refractivity contribution in [2.45, 2.75) is 25.4 Å². The van der Waals surface area contributed by atoms with Crippen LogP contribution < -0.4 is 5.73 Å². The lowest BCUT2D eigenvalue weighted by atomic mass is 9.92. The molecule has 3 nitrogen and oxygen atoms in total. The second kappa shape index (κ2) is 6.24. The molecule has 3 N–H and O–H groups in total. The van der Waals surface area contributed by atoms with Crippen molar-refractivity contribution in [1.29, 1.82) is 0 Å². The van der Waals surface area contributed by atoms with Crippen LogP contribution in [0.5, 0.6) is 0 Å². The Labute approximate surface area is 118 Å². The molecule has 0 aliphatic heterocycles. The van der Waals surface area contributed by atoms with Crippen LogP contribution in [-0.4, -0.2) is 11.7 Å². The van der Waals surface area contributed by atoms with Gasteiger partial charge in [-0.1, -0.05) is 36.7 Å². The summed E-state index contributed by atoms with van der Waals surface area (Å²) >= 11 is 6.16. The van der Waals surface area contributed by atoms with Crippen molar-refractivity contribution in [2.75, 3.05) is 6.54 Å². The van der Waals surface area contributed by atoms with Gasteiger partial charge in [0.2, 0.25) is 0 Å². The molecule has 0 bridgehead atoms. The molecule has 0 saturated heterocycles. The van der Waals surface area contributed by atoms with E-state index < -0.39 is 6.10 Å². The maximum absolute atomic E-state index is 10.4. The molecule has 1 aromatic carbocycles. The second-order valence-corrected chi connectivity index (χ2v) is 4.87. The van der Waals surface area contributed by atoms with Crippen LogP contribution in [0.4, 0.5) is 0 Å². The summed E-state index contributed by atoms with van der Waals surface area (Å²) in [5, 5.41) is 11.0. The maximum atomic E-state index is 10.4. The first kappa shape index (κ1) is 14.1. The number of furan rings is 1. The van der Waals surface area contributed by atoms with Gasteiger partial charge in [-0.25, -0.2) is 0 Å². The summed E-state index contributed by atoms with van der Waals surface area (Å²) in [5.74, 6) is 1.11. The molecular weight excluding hydrogens is 262 g/mol.